The molecule has 0 aliphatic rings. The van der Waals surface area contributed by atoms with Crippen molar-refractivity contribution in [2.75, 3.05) is 0 Å². The Balaban J connectivity index is 0.000000271. The Morgan fingerprint density at radius 3 is 1.37 bits per heavy atom. The molecule has 0 fully saturated rings. The smallest absolute Gasteiger partial charge is 0.150 e. The number of aldehydes is 1. The van der Waals surface area contributed by atoms with Gasteiger partial charge in [0.1, 0.15) is 0 Å². The molecule has 1 heteroatoms. The summed E-state index contributed by atoms with van der Waals surface area (Å²) in [4.78, 5) is 11.8. The summed E-state index contributed by atoms with van der Waals surface area (Å²) in [6.07, 6.45) is 0.948. The van der Waals surface area contributed by atoms with Gasteiger partial charge in [0.05, 0.1) is 0 Å². The van der Waals surface area contributed by atoms with Crippen LogP contribution in [0.2, 0.25) is 0 Å². The molecule has 0 unspecified atom stereocenters. The molecule has 35 heavy (non-hydrogen) atoms. The van der Waals surface area contributed by atoms with E-state index in [1.54, 1.807) is 0 Å². The van der Waals surface area contributed by atoms with Crippen molar-refractivity contribution < 1.29 is 4.79 Å². The van der Waals surface area contributed by atoms with E-state index in [0.717, 1.165) is 39.7 Å². The van der Waals surface area contributed by atoms with Gasteiger partial charge in [0.2, 0.25) is 0 Å². The molecule has 5 rings (SSSR count). The van der Waals surface area contributed by atoms with E-state index < -0.39 is 0 Å². The van der Waals surface area contributed by atoms with Crippen LogP contribution in [0.25, 0.3) is 33.4 Å². The number of carbonyl (C=O) groups is 1. The van der Waals surface area contributed by atoms with Gasteiger partial charge in [-0.2, -0.15) is 0 Å². The SMILES string of the molecule is Cc1cccc(C)c1C.O=Cc1ccc(-c2ccccc2)c(-c2ccccc2)c1-c1ccccc1. The fraction of sp³-hybridized carbons (Fsp3) is 0.0882. The second kappa shape index (κ2) is 11.3. The van der Waals surface area contributed by atoms with Crippen molar-refractivity contribution in [3.05, 3.63) is 144 Å². The van der Waals surface area contributed by atoms with Crippen LogP contribution >= 0.6 is 0 Å². The highest BCUT2D eigenvalue weighted by Crippen LogP contribution is 2.41. The molecule has 0 spiro atoms. The van der Waals surface area contributed by atoms with Gasteiger partial charge in [-0.25, -0.2) is 0 Å². The summed E-state index contributed by atoms with van der Waals surface area (Å²) in [7, 11) is 0. The van der Waals surface area contributed by atoms with Gasteiger partial charge < -0.3 is 0 Å². The lowest BCUT2D eigenvalue weighted by Crippen LogP contribution is -1.95. The second-order valence-corrected chi connectivity index (χ2v) is 8.69. The fourth-order valence-corrected chi connectivity index (χ4v) is 4.29. The minimum atomic E-state index is 0.703. The number of aryl methyl sites for hydroxylation is 2. The van der Waals surface area contributed by atoms with Gasteiger partial charge in [-0.3, -0.25) is 4.79 Å². The third-order valence-corrected chi connectivity index (χ3v) is 6.45. The average molecular weight is 455 g/mol. The highest BCUT2D eigenvalue weighted by Gasteiger charge is 2.17. The quantitative estimate of drug-likeness (QED) is 0.247. The molecule has 0 radical (unpaired) electrons. The lowest BCUT2D eigenvalue weighted by molar-refractivity contribution is 0.112. The highest BCUT2D eigenvalue weighted by atomic mass is 16.1. The normalized spacial score (nSPS) is 10.3. The zero-order valence-electron chi connectivity index (χ0n) is 20.5. The minimum absolute atomic E-state index is 0.703. The summed E-state index contributed by atoms with van der Waals surface area (Å²) >= 11 is 0. The van der Waals surface area contributed by atoms with Crippen LogP contribution in [0, 0.1) is 20.8 Å². The van der Waals surface area contributed by atoms with E-state index in [2.05, 4.69) is 75.4 Å². The Morgan fingerprint density at radius 2 is 0.914 bits per heavy atom. The third-order valence-electron chi connectivity index (χ3n) is 6.45. The lowest BCUT2D eigenvalue weighted by Gasteiger charge is -2.18. The molecule has 0 saturated carbocycles. The van der Waals surface area contributed by atoms with Crippen molar-refractivity contribution in [1.82, 2.24) is 0 Å². The fourth-order valence-electron chi connectivity index (χ4n) is 4.29. The molecule has 0 aliphatic carbocycles. The maximum absolute atomic E-state index is 11.8. The van der Waals surface area contributed by atoms with Crippen LogP contribution in [-0.2, 0) is 0 Å². The third kappa shape index (κ3) is 5.47. The number of hydrogen-bond acceptors (Lipinski definition) is 1. The van der Waals surface area contributed by atoms with E-state index in [0.29, 0.717) is 5.56 Å². The van der Waals surface area contributed by atoms with E-state index >= 15 is 0 Å². The standard InChI is InChI=1S/C25H18O.C9H12/c26-18-22-16-17-23(19-10-4-1-5-11-19)25(21-14-8-3-9-15-21)24(22)20-12-6-2-7-13-20;1-7-5-4-6-8(2)9(7)3/h1-18H;4-6H,1-3H3. The van der Waals surface area contributed by atoms with Gasteiger partial charge in [0.15, 0.2) is 6.29 Å². The van der Waals surface area contributed by atoms with Crippen LogP contribution in [-0.4, -0.2) is 6.29 Å². The monoisotopic (exact) mass is 454 g/mol. The number of carbonyl (C=O) groups excluding carboxylic acids is 1. The van der Waals surface area contributed by atoms with Crippen molar-refractivity contribution in [3.63, 3.8) is 0 Å². The molecule has 0 atom stereocenters. The largest absolute Gasteiger partial charge is 0.298 e. The molecule has 1 nitrogen and oxygen atoms in total. The first-order chi connectivity index (χ1) is 17.1. The first-order valence-corrected chi connectivity index (χ1v) is 11.9. The van der Waals surface area contributed by atoms with Crippen molar-refractivity contribution in [3.8, 4) is 33.4 Å². The minimum Gasteiger partial charge on any atom is -0.298 e. The Labute approximate surface area is 208 Å². The van der Waals surface area contributed by atoms with Crippen LogP contribution in [0.5, 0.6) is 0 Å². The van der Waals surface area contributed by atoms with Crippen LogP contribution in [0.1, 0.15) is 27.0 Å². The molecule has 0 amide bonds. The summed E-state index contributed by atoms with van der Waals surface area (Å²) < 4.78 is 0. The zero-order chi connectivity index (χ0) is 24.6. The van der Waals surface area contributed by atoms with E-state index in [1.165, 1.54) is 16.7 Å². The first-order valence-electron chi connectivity index (χ1n) is 11.9. The summed E-state index contributed by atoms with van der Waals surface area (Å²) in [5.74, 6) is 0. The Kier molecular flexibility index (Phi) is 7.70. The van der Waals surface area contributed by atoms with Crippen LogP contribution in [0.15, 0.2) is 121 Å². The van der Waals surface area contributed by atoms with Gasteiger partial charge in [-0.15, -0.1) is 0 Å². The van der Waals surface area contributed by atoms with Gasteiger partial charge >= 0.3 is 0 Å². The number of benzene rings is 5. The lowest BCUT2D eigenvalue weighted by atomic mass is 9.85. The number of hydrogen-bond donors (Lipinski definition) is 0. The van der Waals surface area contributed by atoms with Gasteiger partial charge in [0, 0.05) is 11.1 Å². The van der Waals surface area contributed by atoms with Gasteiger partial charge in [-0.1, -0.05) is 121 Å². The van der Waals surface area contributed by atoms with E-state index in [4.69, 9.17) is 0 Å². The molecular weight excluding hydrogens is 424 g/mol. The summed E-state index contributed by atoms with van der Waals surface area (Å²) in [5.41, 5.74) is 11.4. The maximum Gasteiger partial charge on any atom is 0.150 e. The Morgan fingerprint density at radius 1 is 0.457 bits per heavy atom. The van der Waals surface area contributed by atoms with Crippen molar-refractivity contribution >= 4 is 6.29 Å². The van der Waals surface area contributed by atoms with E-state index in [-0.39, 0.29) is 0 Å². The van der Waals surface area contributed by atoms with Crippen LogP contribution in [0.4, 0.5) is 0 Å². The topological polar surface area (TPSA) is 17.1 Å². The van der Waals surface area contributed by atoms with E-state index in [1.807, 2.05) is 66.7 Å². The number of rotatable bonds is 4. The predicted molar refractivity (Wildman–Crippen MR) is 149 cm³/mol. The zero-order valence-corrected chi connectivity index (χ0v) is 20.5. The molecule has 172 valence electrons. The summed E-state index contributed by atoms with van der Waals surface area (Å²) in [6.45, 7) is 6.44. The van der Waals surface area contributed by atoms with E-state index in [9.17, 15) is 4.79 Å². The second-order valence-electron chi connectivity index (χ2n) is 8.69. The Bertz CT molecular complexity index is 1380. The summed E-state index contributed by atoms with van der Waals surface area (Å²) in [5, 5.41) is 0. The molecule has 5 aromatic carbocycles. The molecule has 5 aromatic rings. The molecular formula is C34H30O. The molecule has 0 aromatic heterocycles. The molecule has 0 saturated heterocycles. The summed E-state index contributed by atoms with van der Waals surface area (Å²) in [6, 6.07) is 41.1. The molecule has 0 bridgehead atoms. The van der Waals surface area contributed by atoms with Crippen LogP contribution in [0.3, 0.4) is 0 Å². The maximum atomic E-state index is 11.8. The van der Waals surface area contributed by atoms with Crippen molar-refractivity contribution in [2.24, 2.45) is 0 Å². The van der Waals surface area contributed by atoms with Gasteiger partial charge in [0.25, 0.3) is 0 Å². The van der Waals surface area contributed by atoms with Crippen molar-refractivity contribution in [1.29, 1.82) is 0 Å². The predicted octanol–water partition coefficient (Wildman–Crippen LogP) is 9.11. The van der Waals surface area contributed by atoms with Gasteiger partial charge in [-0.05, 0) is 65.3 Å². The average Bonchev–Trinajstić information content (AvgIpc) is 2.92. The molecule has 0 N–H and O–H groups in total. The van der Waals surface area contributed by atoms with Crippen molar-refractivity contribution in [2.45, 2.75) is 20.8 Å². The first kappa shape index (κ1) is 23.9. The Hall–Kier alpha value is -4.23. The molecule has 0 aliphatic heterocycles. The van der Waals surface area contributed by atoms with Crippen LogP contribution < -0.4 is 0 Å². The highest BCUT2D eigenvalue weighted by molar-refractivity contribution is 6.01. The molecule has 0 heterocycles.